The van der Waals surface area contributed by atoms with Gasteiger partial charge in [0.1, 0.15) is 0 Å². The molecular weight excluding hydrogens is 394 g/mol. The van der Waals surface area contributed by atoms with E-state index in [0.717, 1.165) is 82.9 Å². The second kappa shape index (κ2) is 10.8. The summed E-state index contributed by atoms with van der Waals surface area (Å²) in [7, 11) is 0. The minimum atomic E-state index is 0.102. The maximum Gasteiger partial charge on any atom is 0.241 e. The largest absolute Gasteiger partial charge is 0.379 e. The van der Waals surface area contributed by atoms with Crippen LogP contribution < -0.4 is 5.32 Å². The van der Waals surface area contributed by atoms with Crippen LogP contribution in [0, 0.1) is 12.8 Å². The van der Waals surface area contributed by atoms with E-state index in [9.17, 15) is 4.79 Å². The molecular formula is C23H33N5O3. The number of hydrogen-bond donors (Lipinski definition) is 1. The van der Waals surface area contributed by atoms with Gasteiger partial charge >= 0.3 is 0 Å². The number of morpholine rings is 1. The number of piperidine rings is 1. The van der Waals surface area contributed by atoms with Gasteiger partial charge in [0, 0.05) is 31.1 Å². The summed E-state index contributed by atoms with van der Waals surface area (Å²) in [6, 6.07) is 8.04. The van der Waals surface area contributed by atoms with E-state index in [4.69, 9.17) is 9.26 Å². The van der Waals surface area contributed by atoms with Crippen LogP contribution in [0.5, 0.6) is 0 Å². The number of rotatable bonds is 8. The molecule has 0 radical (unpaired) electrons. The molecule has 8 nitrogen and oxygen atoms in total. The highest BCUT2D eigenvalue weighted by Gasteiger charge is 2.26. The molecule has 1 amide bonds. The van der Waals surface area contributed by atoms with Gasteiger partial charge in [-0.15, -0.1) is 0 Å². The average Bonchev–Trinajstić information content (AvgIpc) is 3.26. The van der Waals surface area contributed by atoms with Crippen molar-refractivity contribution in [3.8, 4) is 11.4 Å². The third-order valence-electron chi connectivity index (χ3n) is 6.23. The number of hydrogen-bond acceptors (Lipinski definition) is 7. The third kappa shape index (κ3) is 6.12. The van der Waals surface area contributed by atoms with E-state index in [1.54, 1.807) is 0 Å². The molecule has 2 aliphatic rings. The minimum Gasteiger partial charge on any atom is -0.379 e. The molecule has 1 aromatic carbocycles. The number of nitrogens with zero attached hydrogens (tertiary/aromatic N) is 4. The quantitative estimate of drug-likeness (QED) is 0.646. The molecule has 31 heavy (non-hydrogen) atoms. The van der Waals surface area contributed by atoms with Crippen LogP contribution >= 0.6 is 0 Å². The van der Waals surface area contributed by atoms with Crippen LogP contribution in [0.1, 0.15) is 30.7 Å². The molecule has 0 bridgehead atoms. The van der Waals surface area contributed by atoms with Gasteiger partial charge < -0.3 is 14.6 Å². The van der Waals surface area contributed by atoms with Crippen molar-refractivity contribution in [2.45, 2.75) is 32.7 Å². The van der Waals surface area contributed by atoms with E-state index in [2.05, 4.69) is 25.3 Å². The van der Waals surface area contributed by atoms with Crippen LogP contribution in [0.15, 0.2) is 28.8 Å². The maximum atomic E-state index is 12.5. The molecule has 0 spiro atoms. The first-order chi connectivity index (χ1) is 15.2. The average molecular weight is 428 g/mol. The number of aromatic nitrogens is 2. The molecule has 2 aromatic rings. The first kappa shape index (κ1) is 21.9. The number of benzene rings is 1. The third-order valence-corrected chi connectivity index (χ3v) is 6.23. The molecule has 3 heterocycles. The first-order valence-electron chi connectivity index (χ1n) is 11.4. The van der Waals surface area contributed by atoms with E-state index in [0.29, 0.717) is 18.3 Å². The highest BCUT2D eigenvalue weighted by molar-refractivity contribution is 5.78. The van der Waals surface area contributed by atoms with Gasteiger partial charge in [0.05, 0.1) is 19.8 Å². The van der Waals surface area contributed by atoms with Crippen molar-refractivity contribution >= 4 is 5.91 Å². The van der Waals surface area contributed by atoms with Gasteiger partial charge in [-0.05, 0) is 51.4 Å². The Hall–Kier alpha value is -2.29. The minimum absolute atomic E-state index is 0.102. The Balaban J connectivity index is 1.16. The molecule has 0 unspecified atom stereocenters. The highest BCUT2D eigenvalue weighted by atomic mass is 16.5. The number of carbonyl (C=O) groups is 1. The Labute approximate surface area is 183 Å². The van der Waals surface area contributed by atoms with E-state index < -0.39 is 0 Å². The van der Waals surface area contributed by atoms with Gasteiger partial charge in [0.15, 0.2) is 0 Å². The molecule has 1 aromatic heterocycles. The number of ether oxygens (including phenoxy) is 1. The summed E-state index contributed by atoms with van der Waals surface area (Å²) in [5.74, 6) is 1.56. The summed E-state index contributed by atoms with van der Waals surface area (Å²) in [4.78, 5) is 21.8. The van der Waals surface area contributed by atoms with Gasteiger partial charge in [0.2, 0.25) is 17.6 Å². The summed E-state index contributed by atoms with van der Waals surface area (Å²) >= 11 is 0. The van der Waals surface area contributed by atoms with Crippen LogP contribution in [-0.4, -0.2) is 78.3 Å². The topological polar surface area (TPSA) is 83.7 Å². The van der Waals surface area contributed by atoms with Crippen molar-refractivity contribution in [2.75, 3.05) is 52.5 Å². The lowest BCUT2D eigenvalue weighted by atomic mass is 9.96. The van der Waals surface area contributed by atoms with E-state index in [1.807, 2.05) is 31.2 Å². The predicted molar refractivity (Wildman–Crippen MR) is 117 cm³/mol. The Bertz CT molecular complexity index is 841. The molecule has 168 valence electrons. The van der Waals surface area contributed by atoms with Crippen molar-refractivity contribution in [2.24, 2.45) is 5.92 Å². The zero-order valence-corrected chi connectivity index (χ0v) is 18.4. The van der Waals surface area contributed by atoms with Crippen molar-refractivity contribution in [3.05, 3.63) is 35.7 Å². The molecule has 8 heteroatoms. The highest BCUT2D eigenvalue weighted by Crippen LogP contribution is 2.22. The Morgan fingerprint density at radius 2 is 1.90 bits per heavy atom. The van der Waals surface area contributed by atoms with E-state index >= 15 is 0 Å². The number of likely N-dealkylation sites (tertiary alicyclic amines) is 1. The SMILES string of the molecule is Cc1ccccc1-c1noc(CN2CCC(C(=O)NCCCN3CCOCC3)CC2)n1. The molecule has 4 rings (SSSR count). The van der Waals surface area contributed by atoms with Crippen LogP contribution in [0.4, 0.5) is 0 Å². The predicted octanol–water partition coefficient (Wildman–Crippen LogP) is 2.10. The first-order valence-corrected chi connectivity index (χ1v) is 11.4. The molecule has 2 saturated heterocycles. The zero-order chi connectivity index (χ0) is 21.5. The van der Waals surface area contributed by atoms with Crippen molar-refractivity contribution < 1.29 is 14.1 Å². The number of nitrogens with one attached hydrogen (secondary N) is 1. The fraction of sp³-hybridized carbons (Fsp3) is 0.609. The molecule has 2 fully saturated rings. The molecule has 1 N–H and O–H groups in total. The van der Waals surface area contributed by atoms with Crippen LogP contribution in [0.25, 0.3) is 11.4 Å². The van der Waals surface area contributed by atoms with Crippen LogP contribution in [-0.2, 0) is 16.1 Å². The lowest BCUT2D eigenvalue weighted by Crippen LogP contribution is -2.41. The summed E-state index contributed by atoms with van der Waals surface area (Å²) < 4.78 is 10.8. The normalized spacial score (nSPS) is 18.9. The fourth-order valence-electron chi connectivity index (χ4n) is 4.28. The smallest absolute Gasteiger partial charge is 0.241 e. The Morgan fingerprint density at radius 3 is 2.68 bits per heavy atom. The van der Waals surface area contributed by atoms with Crippen molar-refractivity contribution in [3.63, 3.8) is 0 Å². The number of amides is 1. The zero-order valence-electron chi connectivity index (χ0n) is 18.4. The van der Waals surface area contributed by atoms with Crippen molar-refractivity contribution in [1.29, 1.82) is 0 Å². The summed E-state index contributed by atoms with van der Waals surface area (Å²) in [6.45, 7) is 9.83. The molecule has 0 saturated carbocycles. The number of carbonyl (C=O) groups excluding carboxylic acids is 1. The summed E-state index contributed by atoms with van der Waals surface area (Å²) in [5.41, 5.74) is 2.13. The van der Waals surface area contributed by atoms with Gasteiger partial charge in [-0.2, -0.15) is 4.98 Å². The van der Waals surface area contributed by atoms with Gasteiger partial charge in [-0.3, -0.25) is 14.6 Å². The number of aryl methyl sites for hydroxylation is 1. The van der Waals surface area contributed by atoms with E-state index in [-0.39, 0.29) is 11.8 Å². The van der Waals surface area contributed by atoms with Gasteiger partial charge in [0.25, 0.3) is 0 Å². The Morgan fingerprint density at radius 1 is 1.13 bits per heavy atom. The summed E-state index contributed by atoms with van der Waals surface area (Å²) in [5, 5.41) is 7.27. The van der Waals surface area contributed by atoms with E-state index in [1.165, 1.54) is 0 Å². The lowest BCUT2D eigenvalue weighted by molar-refractivity contribution is -0.126. The monoisotopic (exact) mass is 427 g/mol. The van der Waals surface area contributed by atoms with Crippen LogP contribution in [0.2, 0.25) is 0 Å². The van der Waals surface area contributed by atoms with Gasteiger partial charge in [-0.1, -0.05) is 29.4 Å². The molecule has 0 aliphatic carbocycles. The van der Waals surface area contributed by atoms with Gasteiger partial charge in [-0.25, -0.2) is 0 Å². The molecule has 0 atom stereocenters. The second-order valence-electron chi connectivity index (χ2n) is 8.48. The Kier molecular flexibility index (Phi) is 7.66. The summed E-state index contributed by atoms with van der Waals surface area (Å²) in [6.07, 6.45) is 2.73. The fourth-order valence-corrected chi connectivity index (χ4v) is 4.28. The maximum absolute atomic E-state index is 12.5. The van der Waals surface area contributed by atoms with Crippen molar-refractivity contribution in [1.82, 2.24) is 25.3 Å². The second-order valence-corrected chi connectivity index (χ2v) is 8.48. The lowest BCUT2D eigenvalue weighted by Gasteiger charge is -2.30. The van der Waals surface area contributed by atoms with Crippen LogP contribution in [0.3, 0.4) is 0 Å². The standard InChI is InChI=1S/C23H33N5O3/c1-18-5-2-3-6-20(18)22-25-21(31-26-22)17-28-11-7-19(8-12-28)23(29)24-9-4-10-27-13-15-30-16-14-27/h2-3,5-6,19H,4,7-17H2,1H3,(H,24,29). The molecule has 2 aliphatic heterocycles.